The van der Waals surface area contributed by atoms with Crippen molar-refractivity contribution < 1.29 is 24.1 Å². The highest BCUT2D eigenvalue weighted by Gasteiger charge is 2.43. The molecule has 0 aliphatic carbocycles. The molecule has 2 amide bonds. The van der Waals surface area contributed by atoms with E-state index in [1.165, 1.54) is 4.90 Å². The van der Waals surface area contributed by atoms with Gasteiger partial charge in [-0.15, -0.1) is 0 Å². The van der Waals surface area contributed by atoms with Crippen LogP contribution >= 0.6 is 0 Å². The first-order valence-corrected chi connectivity index (χ1v) is 11.2. The number of rotatable bonds is 7. The van der Waals surface area contributed by atoms with Crippen LogP contribution in [0.3, 0.4) is 0 Å². The second-order valence-corrected chi connectivity index (χ2v) is 8.92. The molecular weight excluding hydrogens is 438 g/mol. The van der Waals surface area contributed by atoms with Crippen LogP contribution < -0.4 is 10.3 Å². The lowest BCUT2D eigenvalue weighted by Gasteiger charge is -2.28. The number of β-amino-alcohol motifs (C(OH)–C–C–N with tert-alkyl or cyclic N) is 1. The Labute approximate surface area is 197 Å². The maximum absolute atomic E-state index is 13.4. The van der Waals surface area contributed by atoms with Gasteiger partial charge in [0, 0.05) is 37.8 Å². The van der Waals surface area contributed by atoms with Crippen molar-refractivity contribution in [2.75, 3.05) is 6.54 Å². The van der Waals surface area contributed by atoms with Gasteiger partial charge in [-0.05, 0) is 43.2 Å². The van der Waals surface area contributed by atoms with Crippen molar-refractivity contribution in [2.24, 2.45) is 13.0 Å². The zero-order valence-electron chi connectivity index (χ0n) is 19.6. The van der Waals surface area contributed by atoms with Crippen LogP contribution in [0, 0.1) is 12.8 Å². The number of likely N-dealkylation sites (tertiary alicyclic amines) is 1. The Bertz CT molecular complexity index is 1150. The van der Waals surface area contributed by atoms with Crippen molar-refractivity contribution in [3.8, 4) is 17.0 Å². The number of aliphatic hydroxyl groups is 1. The zero-order chi connectivity index (χ0) is 24.4. The maximum Gasteiger partial charge on any atom is 0.275 e. The van der Waals surface area contributed by atoms with E-state index in [1.807, 2.05) is 39.1 Å². The molecule has 2 aromatic heterocycles. The largest absolute Gasteiger partial charge is 0.391 e. The molecular formula is C24H29N5O5. The van der Waals surface area contributed by atoms with Crippen LogP contribution in [0.1, 0.15) is 37.6 Å². The number of nitrogens with zero attached hydrogens (tertiary/aromatic N) is 4. The first-order valence-electron chi connectivity index (χ1n) is 11.2. The average molecular weight is 468 g/mol. The number of aromatic nitrogens is 3. The van der Waals surface area contributed by atoms with Gasteiger partial charge in [0.15, 0.2) is 5.75 Å². The third kappa shape index (κ3) is 4.81. The summed E-state index contributed by atoms with van der Waals surface area (Å²) in [6.45, 7) is 5.65. The van der Waals surface area contributed by atoms with Crippen molar-refractivity contribution in [1.82, 2.24) is 25.3 Å². The predicted molar refractivity (Wildman–Crippen MR) is 122 cm³/mol. The molecule has 10 nitrogen and oxygen atoms in total. The highest BCUT2D eigenvalue weighted by atomic mass is 16.7. The van der Waals surface area contributed by atoms with Gasteiger partial charge in [-0.1, -0.05) is 19.0 Å². The summed E-state index contributed by atoms with van der Waals surface area (Å²) in [6.07, 6.45) is 1.04. The monoisotopic (exact) mass is 467 g/mol. The lowest BCUT2D eigenvalue weighted by Crippen LogP contribution is -2.48. The third-order valence-corrected chi connectivity index (χ3v) is 5.99. The summed E-state index contributed by atoms with van der Waals surface area (Å²) in [7, 11) is 1.86. The number of hydroxylamine groups is 1. The molecule has 1 unspecified atom stereocenters. The molecule has 10 heteroatoms. The van der Waals surface area contributed by atoms with Crippen molar-refractivity contribution >= 4 is 11.8 Å². The molecule has 3 heterocycles. The molecule has 0 radical (unpaired) electrons. The van der Waals surface area contributed by atoms with Gasteiger partial charge in [0.05, 0.1) is 17.5 Å². The summed E-state index contributed by atoms with van der Waals surface area (Å²) in [4.78, 5) is 33.2. The van der Waals surface area contributed by atoms with Crippen LogP contribution in [0.25, 0.3) is 11.3 Å². The molecule has 1 aliphatic rings. The van der Waals surface area contributed by atoms with Crippen LogP contribution in [0.15, 0.2) is 47.1 Å². The predicted octanol–water partition coefficient (Wildman–Crippen LogP) is 2.20. The standard InChI is InChI=1S/C24H29N5O5/c1-14(2)22(21-11-15(3)26-34-21)24(32)29-13-17(30)12-20(29)23(31)27-33-18-7-5-16(6-8-18)19-9-10-25-28(19)4/h5-11,14,17,20,22,30H,12-13H2,1-4H3,(H,27,31)/t17-,20+,22?/m1/s1. The second-order valence-electron chi connectivity index (χ2n) is 8.92. The zero-order valence-corrected chi connectivity index (χ0v) is 19.6. The smallest absolute Gasteiger partial charge is 0.275 e. The van der Waals surface area contributed by atoms with Crippen molar-refractivity contribution in [3.05, 3.63) is 54.0 Å². The van der Waals surface area contributed by atoms with E-state index in [9.17, 15) is 14.7 Å². The quantitative estimate of drug-likeness (QED) is 0.511. The number of carbonyl (C=O) groups is 2. The normalized spacial score (nSPS) is 18.8. The summed E-state index contributed by atoms with van der Waals surface area (Å²) >= 11 is 0. The summed E-state index contributed by atoms with van der Waals surface area (Å²) in [5.74, 6) is -0.603. The van der Waals surface area contributed by atoms with Gasteiger partial charge in [0.2, 0.25) is 5.91 Å². The van der Waals surface area contributed by atoms with E-state index in [0.29, 0.717) is 17.2 Å². The van der Waals surface area contributed by atoms with Gasteiger partial charge >= 0.3 is 0 Å². The van der Waals surface area contributed by atoms with E-state index in [-0.39, 0.29) is 24.8 Å². The highest BCUT2D eigenvalue weighted by Crippen LogP contribution is 2.31. The van der Waals surface area contributed by atoms with E-state index in [2.05, 4.69) is 15.7 Å². The molecule has 180 valence electrons. The minimum atomic E-state index is -0.860. The fraction of sp³-hybridized carbons (Fsp3) is 0.417. The van der Waals surface area contributed by atoms with Crippen LogP contribution in [0.2, 0.25) is 0 Å². The Balaban J connectivity index is 1.43. The maximum atomic E-state index is 13.4. The molecule has 3 aromatic rings. The third-order valence-electron chi connectivity index (χ3n) is 5.99. The fourth-order valence-corrected chi connectivity index (χ4v) is 4.28. The Morgan fingerprint density at radius 1 is 1.24 bits per heavy atom. The number of carbonyl (C=O) groups excluding carboxylic acids is 2. The number of hydrogen-bond acceptors (Lipinski definition) is 7. The van der Waals surface area contributed by atoms with Crippen LogP contribution in [0.4, 0.5) is 0 Å². The molecule has 4 rings (SSSR count). The molecule has 1 aliphatic heterocycles. The van der Waals surface area contributed by atoms with Gasteiger partial charge < -0.3 is 19.4 Å². The lowest BCUT2D eigenvalue weighted by molar-refractivity contribution is -0.143. The summed E-state index contributed by atoms with van der Waals surface area (Å²) in [5, 5.41) is 18.3. The first kappa shape index (κ1) is 23.5. The molecule has 3 atom stereocenters. The van der Waals surface area contributed by atoms with Crippen molar-refractivity contribution in [2.45, 2.75) is 45.3 Å². The number of hydrogen-bond donors (Lipinski definition) is 2. The summed E-state index contributed by atoms with van der Waals surface area (Å²) < 4.78 is 7.11. The molecule has 34 heavy (non-hydrogen) atoms. The van der Waals surface area contributed by atoms with Gasteiger partial charge in [-0.2, -0.15) is 10.6 Å². The number of aliphatic hydroxyl groups excluding tert-OH is 1. The number of benzene rings is 1. The molecule has 0 saturated carbocycles. The van der Waals surface area contributed by atoms with Gasteiger partial charge in [0.1, 0.15) is 17.7 Å². The van der Waals surface area contributed by atoms with Gasteiger partial charge in [-0.3, -0.25) is 14.3 Å². The minimum Gasteiger partial charge on any atom is -0.391 e. The van der Waals surface area contributed by atoms with Gasteiger partial charge in [0.25, 0.3) is 5.91 Å². The Kier molecular flexibility index (Phi) is 6.69. The molecule has 1 fully saturated rings. The summed E-state index contributed by atoms with van der Waals surface area (Å²) in [6, 6.07) is 9.95. The van der Waals surface area contributed by atoms with Crippen LogP contribution in [-0.4, -0.2) is 55.4 Å². The first-order chi connectivity index (χ1) is 16.2. The van der Waals surface area contributed by atoms with Gasteiger partial charge in [-0.25, -0.2) is 0 Å². The van der Waals surface area contributed by atoms with Crippen molar-refractivity contribution in [1.29, 1.82) is 0 Å². The molecule has 2 N–H and O–H groups in total. The Morgan fingerprint density at radius 3 is 2.56 bits per heavy atom. The minimum absolute atomic E-state index is 0.0622. The fourth-order valence-electron chi connectivity index (χ4n) is 4.28. The second kappa shape index (κ2) is 9.68. The van der Waals surface area contributed by atoms with Crippen molar-refractivity contribution in [3.63, 3.8) is 0 Å². The highest BCUT2D eigenvalue weighted by molar-refractivity contribution is 5.91. The Morgan fingerprint density at radius 2 is 1.97 bits per heavy atom. The summed E-state index contributed by atoms with van der Waals surface area (Å²) in [5.41, 5.74) is 5.01. The Hall–Kier alpha value is -3.66. The van der Waals surface area contributed by atoms with E-state index < -0.39 is 24.0 Å². The van der Waals surface area contributed by atoms with E-state index in [0.717, 1.165) is 11.3 Å². The number of amides is 2. The van der Waals surface area contributed by atoms with Crippen LogP contribution in [0.5, 0.6) is 5.75 Å². The molecule has 1 aromatic carbocycles. The van der Waals surface area contributed by atoms with E-state index >= 15 is 0 Å². The molecule has 0 spiro atoms. The topological polar surface area (TPSA) is 123 Å². The average Bonchev–Trinajstić information content (AvgIpc) is 3.52. The van der Waals surface area contributed by atoms with Crippen LogP contribution in [-0.2, 0) is 16.6 Å². The molecule has 1 saturated heterocycles. The number of aryl methyl sites for hydroxylation is 2. The lowest BCUT2D eigenvalue weighted by atomic mass is 9.91. The van der Waals surface area contributed by atoms with E-state index in [1.54, 1.807) is 36.0 Å². The van der Waals surface area contributed by atoms with E-state index in [4.69, 9.17) is 9.36 Å². The molecule has 0 bridgehead atoms. The SMILES string of the molecule is Cc1cc(C(C(=O)N2C[C@H](O)C[C@H]2C(=O)NOc2ccc(-c3ccnn3C)cc2)C(C)C)on1. The number of nitrogens with one attached hydrogen (secondary N) is 1.